The van der Waals surface area contributed by atoms with E-state index in [1.165, 1.54) is 0 Å². The summed E-state index contributed by atoms with van der Waals surface area (Å²) < 4.78 is 75.5. The molecule has 4 aliphatic rings. The van der Waals surface area contributed by atoms with Crippen LogP contribution in [0.15, 0.2) is 0 Å². The van der Waals surface area contributed by atoms with E-state index in [1.54, 1.807) is 0 Å². The molecule has 0 aromatic rings. The molecule has 12 heteroatoms. The molecule has 4 saturated carbocycles. The summed E-state index contributed by atoms with van der Waals surface area (Å²) in [6, 6.07) is 0. The van der Waals surface area contributed by atoms with Crippen LogP contribution in [0.1, 0.15) is 85.0 Å². The summed E-state index contributed by atoms with van der Waals surface area (Å²) >= 11 is 0. The lowest BCUT2D eigenvalue weighted by Gasteiger charge is -2.62. The number of carboxylic acids is 1. The Morgan fingerprint density at radius 1 is 0.917 bits per heavy atom. The number of aliphatic carboxylic acids is 1. The van der Waals surface area contributed by atoms with Crippen LogP contribution in [0.4, 0.5) is 0 Å². The molecule has 4 rings (SSSR count). The van der Waals surface area contributed by atoms with Gasteiger partial charge in [-0.15, -0.1) is 0 Å². The van der Waals surface area contributed by atoms with Gasteiger partial charge in [-0.05, 0) is 104 Å². The zero-order valence-electron chi connectivity index (χ0n) is 21.2. The molecule has 10 nitrogen and oxygen atoms in total. The number of hydrogen-bond acceptors (Lipinski definition) is 7. The van der Waals surface area contributed by atoms with Crippen molar-refractivity contribution in [2.75, 3.05) is 0 Å². The summed E-state index contributed by atoms with van der Waals surface area (Å²) in [5.74, 6) is -0.0748. The molecule has 0 heterocycles. The van der Waals surface area contributed by atoms with E-state index in [1.807, 2.05) is 0 Å². The minimum absolute atomic E-state index is 0.0750. The highest BCUT2D eigenvalue weighted by atomic mass is 32.3. The van der Waals surface area contributed by atoms with Gasteiger partial charge < -0.3 is 5.11 Å². The standard InChI is InChI=1S/C24H40O10S2/c1-14(4-7-21(25)26)17-5-6-18-22-19(9-11-24(17,18)3)23(2)10-8-16(33-35(27,28)29)12-15(23)13-20(22)34-36(30,31)32/h14-20,22H,4-13H2,1-3H3,(H,25,26)(H,27,28,29)(H,30,31,32)/t14-,15?,16+,17-,18+,19+,20+,22+,23+,24-/m1/s1. The maximum Gasteiger partial charge on any atom is 0.397 e. The van der Waals surface area contributed by atoms with Crippen molar-refractivity contribution in [1.29, 1.82) is 0 Å². The Morgan fingerprint density at radius 2 is 1.53 bits per heavy atom. The van der Waals surface area contributed by atoms with Gasteiger partial charge in [0.15, 0.2) is 0 Å². The van der Waals surface area contributed by atoms with Gasteiger partial charge in [-0.2, -0.15) is 16.8 Å². The maximum absolute atomic E-state index is 11.9. The van der Waals surface area contributed by atoms with Gasteiger partial charge >= 0.3 is 26.8 Å². The lowest BCUT2D eigenvalue weighted by atomic mass is 9.43. The fourth-order valence-corrected chi connectivity index (χ4v) is 10.2. The second-order valence-electron chi connectivity index (χ2n) is 12.3. The molecule has 0 aromatic carbocycles. The minimum Gasteiger partial charge on any atom is -0.481 e. The molecule has 0 radical (unpaired) electrons. The van der Waals surface area contributed by atoms with Crippen LogP contribution in [0.2, 0.25) is 0 Å². The fourth-order valence-electron chi connectivity index (χ4n) is 9.20. The Hall–Kier alpha value is -0.790. The minimum atomic E-state index is -4.70. The molecule has 0 amide bonds. The molecule has 208 valence electrons. The third kappa shape index (κ3) is 5.49. The van der Waals surface area contributed by atoms with E-state index < -0.39 is 39.0 Å². The van der Waals surface area contributed by atoms with E-state index in [0.29, 0.717) is 38.0 Å². The highest BCUT2D eigenvalue weighted by molar-refractivity contribution is 7.81. The van der Waals surface area contributed by atoms with Gasteiger partial charge in [0.1, 0.15) is 0 Å². The largest absolute Gasteiger partial charge is 0.481 e. The van der Waals surface area contributed by atoms with Crippen molar-refractivity contribution < 1.29 is 44.2 Å². The van der Waals surface area contributed by atoms with Gasteiger partial charge in [0.25, 0.3) is 0 Å². The molecular formula is C24H40O10S2. The number of carboxylic acid groups (broad SMARTS) is 1. The Balaban J connectivity index is 1.63. The first-order valence-electron chi connectivity index (χ1n) is 13.1. The molecule has 0 bridgehead atoms. The monoisotopic (exact) mass is 552 g/mol. The van der Waals surface area contributed by atoms with Crippen molar-refractivity contribution >= 4 is 26.8 Å². The first kappa shape index (κ1) is 28.2. The van der Waals surface area contributed by atoms with Gasteiger partial charge in [0.2, 0.25) is 0 Å². The molecule has 4 aliphatic carbocycles. The quantitative estimate of drug-likeness (QED) is 0.373. The fraction of sp³-hybridized carbons (Fsp3) is 0.958. The molecule has 3 N–H and O–H groups in total. The summed E-state index contributed by atoms with van der Waals surface area (Å²) in [5, 5.41) is 9.17. The maximum atomic E-state index is 11.9. The predicted molar refractivity (Wildman–Crippen MR) is 129 cm³/mol. The molecule has 36 heavy (non-hydrogen) atoms. The molecular weight excluding hydrogens is 512 g/mol. The van der Waals surface area contributed by atoms with Crippen LogP contribution < -0.4 is 0 Å². The highest BCUT2D eigenvalue weighted by Crippen LogP contribution is 2.69. The van der Waals surface area contributed by atoms with Crippen LogP contribution in [-0.2, 0) is 34.0 Å². The second kappa shape index (κ2) is 9.75. The van der Waals surface area contributed by atoms with Crippen molar-refractivity contribution in [2.24, 2.45) is 46.3 Å². The molecule has 0 saturated heterocycles. The van der Waals surface area contributed by atoms with Crippen LogP contribution in [0.25, 0.3) is 0 Å². The van der Waals surface area contributed by atoms with Crippen molar-refractivity contribution in [1.82, 2.24) is 0 Å². The Kier molecular flexibility index (Phi) is 7.64. The van der Waals surface area contributed by atoms with Crippen LogP contribution in [0, 0.1) is 46.3 Å². The van der Waals surface area contributed by atoms with E-state index in [9.17, 15) is 30.7 Å². The van der Waals surface area contributed by atoms with E-state index in [0.717, 1.165) is 25.7 Å². The number of hydrogen-bond donors (Lipinski definition) is 3. The van der Waals surface area contributed by atoms with Gasteiger partial charge in [-0.1, -0.05) is 20.8 Å². The Labute approximate surface area is 214 Å². The van der Waals surface area contributed by atoms with Crippen LogP contribution >= 0.6 is 0 Å². The number of fused-ring (bicyclic) bond motifs is 5. The third-order valence-electron chi connectivity index (χ3n) is 10.7. The SMILES string of the molecule is C[C@H](CCC(=O)O)[C@H]1CC[C@H]2[C@@H]3[C@@H](OS(=O)(=O)O)CC4C[C@@H](OS(=O)(=O)O)CC[C@]4(C)[C@H]3CC[C@]12C. The Morgan fingerprint density at radius 3 is 2.14 bits per heavy atom. The summed E-state index contributed by atoms with van der Waals surface area (Å²) in [6.07, 6.45) is 4.89. The van der Waals surface area contributed by atoms with Gasteiger partial charge in [0.05, 0.1) is 12.2 Å². The molecule has 0 aliphatic heterocycles. The van der Waals surface area contributed by atoms with Crippen molar-refractivity contribution in [3.63, 3.8) is 0 Å². The molecule has 0 spiro atoms. The van der Waals surface area contributed by atoms with Gasteiger partial charge in [-0.3, -0.25) is 13.9 Å². The lowest BCUT2D eigenvalue weighted by molar-refractivity contribution is -0.166. The zero-order chi connectivity index (χ0) is 26.7. The van der Waals surface area contributed by atoms with Gasteiger partial charge in [-0.25, -0.2) is 8.37 Å². The van der Waals surface area contributed by atoms with Gasteiger partial charge in [0, 0.05) is 6.42 Å². The van der Waals surface area contributed by atoms with E-state index in [2.05, 4.69) is 20.8 Å². The molecule has 4 fully saturated rings. The first-order valence-corrected chi connectivity index (χ1v) is 15.8. The molecule has 10 atom stereocenters. The topological polar surface area (TPSA) is 164 Å². The average Bonchev–Trinajstić information content (AvgIpc) is 3.08. The summed E-state index contributed by atoms with van der Waals surface area (Å²) in [6.45, 7) is 6.58. The predicted octanol–water partition coefficient (Wildman–Crippen LogP) is 4.13. The summed E-state index contributed by atoms with van der Waals surface area (Å²) in [5.41, 5.74) is -0.244. The summed E-state index contributed by atoms with van der Waals surface area (Å²) in [7, 11) is -9.30. The average molecular weight is 553 g/mol. The molecule has 1 unspecified atom stereocenters. The van der Waals surface area contributed by atoms with Crippen molar-refractivity contribution in [3.05, 3.63) is 0 Å². The van der Waals surface area contributed by atoms with Crippen molar-refractivity contribution in [2.45, 2.75) is 97.2 Å². The molecule has 0 aromatic heterocycles. The first-order chi connectivity index (χ1) is 16.5. The van der Waals surface area contributed by atoms with Crippen molar-refractivity contribution in [3.8, 4) is 0 Å². The highest BCUT2D eigenvalue weighted by Gasteiger charge is 2.64. The van der Waals surface area contributed by atoms with Crippen LogP contribution in [0.5, 0.6) is 0 Å². The number of rotatable bonds is 8. The number of carbonyl (C=O) groups is 1. The smallest absolute Gasteiger partial charge is 0.397 e. The van der Waals surface area contributed by atoms with Crippen LogP contribution in [0.3, 0.4) is 0 Å². The van der Waals surface area contributed by atoms with E-state index >= 15 is 0 Å². The van der Waals surface area contributed by atoms with E-state index in [4.69, 9.17) is 13.5 Å². The Bertz CT molecular complexity index is 1060. The summed E-state index contributed by atoms with van der Waals surface area (Å²) in [4.78, 5) is 11.2. The normalized spacial score (nSPS) is 43.8. The third-order valence-corrected chi connectivity index (χ3v) is 11.7. The second-order valence-corrected chi connectivity index (χ2v) is 14.4. The van der Waals surface area contributed by atoms with E-state index in [-0.39, 0.29) is 46.8 Å². The lowest BCUT2D eigenvalue weighted by Crippen LogP contribution is -2.59. The van der Waals surface area contributed by atoms with Crippen LogP contribution in [-0.4, -0.2) is 49.2 Å². The zero-order valence-corrected chi connectivity index (χ0v) is 22.8.